The average molecular weight is 414 g/mol. The number of ketones is 1. The van der Waals surface area contributed by atoms with Gasteiger partial charge in [-0.05, 0) is 26.2 Å². The highest BCUT2D eigenvalue weighted by Gasteiger charge is 2.37. The normalized spacial score (nSPS) is 14.7. The second-order valence-corrected chi connectivity index (χ2v) is 6.72. The molecular weight excluding hydrogens is 393 g/mol. The van der Waals surface area contributed by atoms with Crippen LogP contribution in [-0.4, -0.2) is 29.3 Å². The largest absolute Gasteiger partial charge is 0.462 e. The first-order valence-electron chi connectivity index (χ1n) is 9.20. The molecule has 0 heterocycles. The fourth-order valence-electron chi connectivity index (χ4n) is 3.06. The predicted molar refractivity (Wildman–Crippen MR) is 96.8 cm³/mol. The van der Waals surface area contributed by atoms with E-state index in [0.29, 0.717) is 6.42 Å². The summed E-state index contributed by atoms with van der Waals surface area (Å²) in [4.78, 5) is 35.0. The molecule has 0 saturated heterocycles. The first-order valence-corrected chi connectivity index (χ1v) is 9.20. The molecule has 0 radical (unpaired) electrons. The van der Waals surface area contributed by atoms with Gasteiger partial charge in [0, 0.05) is 17.8 Å². The molecule has 1 saturated carbocycles. The molecule has 0 aliphatic heterocycles. The summed E-state index contributed by atoms with van der Waals surface area (Å²) < 4.78 is 47.4. The minimum atomic E-state index is -1.97. The third-order valence-corrected chi connectivity index (χ3v) is 4.65. The van der Waals surface area contributed by atoms with Crippen LogP contribution in [0.15, 0.2) is 11.8 Å². The van der Waals surface area contributed by atoms with E-state index < -0.39 is 56.5 Å². The molecule has 0 bridgehead atoms. The summed E-state index contributed by atoms with van der Waals surface area (Å²) in [5, 5.41) is 14.1. The van der Waals surface area contributed by atoms with E-state index in [1.807, 2.05) is 0 Å². The monoisotopic (exact) mass is 414 g/mol. The van der Waals surface area contributed by atoms with Crippen molar-refractivity contribution in [2.24, 2.45) is 0 Å². The predicted octanol–water partition coefficient (Wildman–Crippen LogP) is 3.87. The highest BCUT2D eigenvalue weighted by molar-refractivity contribution is 6.25. The van der Waals surface area contributed by atoms with Crippen molar-refractivity contribution in [3.63, 3.8) is 0 Å². The highest BCUT2D eigenvalue weighted by atomic mass is 19.2. The molecule has 10 heteroatoms. The van der Waals surface area contributed by atoms with Crippen LogP contribution in [0.5, 0.6) is 0 Å². The Labute approximate surface area is 165 Å². The van der Waals surface area contributed by atoms with Crippen molar-refractivity contribution in [3.05, 3.63) is 50.5 Å². The zero-order chi connectivity index (χ0) is 21.7. The molecule has 1 fully saturated rings. The minimum absolute atomic E-state index is 0.0386. The van der Waals surface area contributed by atoms with Crippen LogP contribution in [0.3, 0.4) is 0 Å². The zero-order valence-electron chi connectivity index (χ0n) is 16.0. The first kappa shape index (κ1) is 22.4. The Morgan fingerprint density at radius 1 is 1.21 bits per heavy atom. The summed E-state index contributed by atoms with van der Waals surface area (Å²) >= 11 is 0. The van der Waals surface area contributed by atoms with E-state index in [1.165, 1.54) is 0 Å². The summed E-state index contributed by atoms with van der Waals surface area (Å²) in [5.74, 6) is -7.94. The number of esters is 1. The van der Waals surface area contributed by atoms with Crippen LogP contribution in [0, 0.1) is 34.5 Å². The van der Waals surface area contributed by atoms with Crippen LogP contribution >= 0.6 is 0 Å². The topological polar surface area (TPSA) is 98.5 Å². The van der Waals surface area contributed by atoms with Gasteiger partial charge < -0.3 is 10.1 Å². The number of hydrogen-bond donors (Lipinski definition) is 1. The van der Waals surface area contributed by atoms with Gasteiger partial charge in [-0.1, -0.05) is 19.8 Å². The van der Waals surface area contributed by atoms with Gasteiger partial charge in [0.1, 0.15) is 17.0 Å². The number of carbonyl (C=O) groups is 2. The zero-order valence-corrected chi connectivity index (χ0v) is 16.0. The maximum Gasteiger partial charge on any atom is 0.343 e. The van der Waals surface area contributed by atoms with E-state index in [9.17, 15) is 32.9 Å². The quantitative estimate of drug-likeness (QED) is 0.101. The van der Waals surface area contributed by atoms with Gasteiger partial charge in [0.15, 0.2) is 5.82 Å². The molecule has 0 aromatic heterocycles. The van der Waals surface area contributed by atoms with Gasteiger partial charge in [0.2, 0.25) is 11.6 Å². The van der Waals surface area contributed by atoms with E-state index in [-0.39, 0.29) is 12.6 Å². The maximum absolute atomic E-state index is 14.6. The second-order valence-electron chi connectivity index (χ2n) is 6.72. The number of carbonyl (C=O) groups excluding carboxylic acids is 2. The Bertz CT molecular complexity index is 864. The van der Waals surface area contributed by atoms with Crippen LogP contribution in [-0.2, 0) is 9.53 Å². The Hall–Kier alpha value is -2.91. The van der Waals surface area contributed by atoms with Crippen LogP contribution in [0.4, 0.5) is 18.9 Å². The Kier molecular flexibility index (Phi) is 7.35. The number of nitro groups is 1. The van der Waals surface area contributed by atoms with Crippen LogP contribution in [0.25, 0.3) is 0 Å². The van der Waals surface area contributed by atoms with Crippen molar-refractivity contribution in [3.8, 4) is 0 Å². The molecule has 1 aromatic carbocycles. The Balaban J connectivity index is 2.56. The molecule has 2 rings (SSSR count). The fourth-order valence-corrected chi connectivity index (χ4v) is 3.06. The van der Waals surface area contributed by atoms with Crippen molar-refractivity contribution in [1.82, 2.24) is 5.32 Å². The van der Waals surface area contributed by atoms with E-state index >= 15 is 0 Å². The summed E-state index contributed by atoms with van der Waals surface area (Å²) in [7, 11) is 0. The first-order chi connectivity index (χ1) is 13.7. The molecule has 0 unspecified atom stereocenters. The molecule has 0 amide bonds. The molecular formula is C19H21F3N2O5. The van der Waals surface area contributed by atoms with Gasteiger partial charge in [-0.2, -0.15) is 4.39 Å². The number of benzene rings is 1. The average Bonchev–Trinajstić information content (AvgIpc) is 3.20. The van der Waals surface area contributed by atoms with E-state index in [2.05, 4.69) is 5.32 Å². The number of rotatable bonds is 8. The number of hydrogen-bond acceptors (Lipinski definition) is 6. The van der Waals surface area contributed by atoms with Crippen LogP contribution < -0.4 is 5.32 Å². The number of Topliss-reactive ketones (excluding diaryl/α,β-unsaturated/α-hetero) is 1. The van der Waals surface area contributed by atoms with E-state index in [0.717, 1.165) is 38.8 Å². The summed E-state index contributed by atoms with van der Waals surface area (Å²) in [6.07, 6.45) is 4.88. The Morgan fingerprint density at radius 3 is 2.38 bits per heavy atom. The van der Waals surface area contributed by atoms with E-state index in [4.69, 9.17) is 4.74 Å². The van der Waals surface area contributed by atoms with Crippen LogP contribution in [0.1, 0.15) is 54.9 Å². The van der Waals surface area contributed by atoms with Gasteiger partial charge in [-0.3, -0.25) is 14.9 Å². The smallest absolute Gasteiger partial charge is 0.343 e. The van der Waals surface area contributed by atoms with Crippen molar-refractivity contribution >= 4 is 17.4 Å². The number of nitro benzene ring substituents is 1. The van der Waals surface area contributed by atoms with Gasteiger partial charge >= 0.3 is 11.7 Å². The minimum Gasteiger partial charge on any atom is -0.462 e. The summed E-state index contributed by atoms with van der Waals surface area (Å²) in [5.41, 5.74) is -4.61. The summed E-state index contributed by atoms with van der Waals surface area (Å²) in [6.45, 7) is 2.50. The van der Waals surface area contributed by atoms with E-state index in [1.54, 1.807) is 6.92 Å². The standard InChI is InChI=1S/C19H21F3N2O5/c1-3-8-29-19(26)12(9-23-11-6-4-5-7-11)18(25)13-14(20)10(2)15(21)16(22)17(13)24(27)28/h9,11,23H,3-8H2,1-2H3/b12-9+. The molecule has 1 aliphatic carbocycles. The van der Waals surface area contributed by atoms with Crippen LogP contribution in [0.2, 0.25) is 0 Å². The molecule has 1 N–H and O–H groups in total. The van der Waals surface area contributed by atoms with Crippen molar-refractivity contribution in [2.75, 3.05) is 6.61 Å². The van der Waals surface area contributed by atoms with Crippen molar-refractivity contribution in [1.29, 1.82) is 0 Å². The molecule has 0 atom stereocenters. The number of halogens is 3. The molecule has 1 aliphatic rings. The number of ether oxygens (including phenoxy) is 1. The molecule has 1 aromatic rings. The van der Waals surface area contributed by atoms with Gasteiger partial charge in [-0.25, -0.2) is 13.6 Å². The lowest BCUT2D eigenvalue weighted by Gasteiger charge is -2.13. The summed E-state index contributed by atoms with van der Waals surface area (Å²) in [6, 6.07) is -0.0386. The second kappa shape index (κ2) is 9.53. The van der Waals surface area contributed by atoms with Gasteiger partial charge in [0.05, 0.1) is 11.5 Å². The molecule has 7 nitrogen and oxygen atoms in total. The maximum atomic E-state index is 14.6. The fraction of sp³-hybridized carbons (Fsp3) is 0.474. The van der Waals surface area contributed by atoms with Gasteiger partial charge in [0.25, 0.3) is 0 Å². The SMILES string of the molecule is CCCOC(=O)/C(=C/NC1CCCC1)C(=O)c1c(F)c(C)c(F)c(F)c1[N+](=O)[O-]. The lowest BCUT2D eigenvalue weighted by atomic mass is 9.98. The van der Waals surface area contributed by atoms with Crippen molar-refractivity contribution < 1.29 is 32.4 Å². The Morgan fingerprint density at radius 2 is 1.83 bits per heavy atom. The third-order valence-electron chi connectivity index (χ3n) is 4.65. The number of nitrogens with one attached hydrogen (secondary N) is 1. The van der Waals surface area contributed by atoms with Crippen molar-refractivity contribution in [2.45, 2.75) is 52.0 Å². The van der Waals surface area contributed by atoms with Gasteiger partial charge in [-0.15, -0.1) is 0 Å². The highest BCUT2D eigenvalue weighted by Crippen LogP contribution is 2.32. The molecule has 0 spiro atoms. The molecule has 29 heavy (non-hydrogen) atoms. The number of nitrogens with zero attached hydrogens (tertiary/aromatic N) is 1. The lowest BCUT2D eigenvalue weighted by molar-refractivity contribution is -0.388. The molecule has 158 valence electrons. The third kappa shape index (κ3) is 4.75. The lowest BCUT2D eigenvalue weighted by Crippen LogP contribution is -2.26.